The van der Waals surface area contributed by atoms with Gasteiger partial charge in [0.25, 0.3) is 0 Å². The van der Waals surface area contributed by atoms with E-state index in [1.165, 1.54) is 12.1 Å². The van der Waals surface area contributed by atoms with Crippen LogP contribution in [0, 0.1) is 18.2 Å². The standard InChI is InChI=1S/C20H20FN3O5/c1-10(25)8-28-16-7-23-18(11(16)2)19(24-9-22)29-15-4-3-12-5-13(20(26)27)6-14(12)17(15)21/h3-4,6-7,9-10,22-23,25H,5,8H2,1-2H3,(H,26,27)/t10-/m0/s1. The number of aromatic amines is 1. The van der Waals surface area contributed by atoms with Crippen molar-refractivity contribution in [3.63, 3.8) is 0 Å². The molecule has 29 heavy (non-hydrogen) atoms. The number of hydrogen-bond acceptors (Lipinski definition) is 5. The Labute approximate surface area is 165 Å². The molecule has 0 fully saturated rings. The highest BCUT2D eigenvalue weighted by Crippen LogP contribution is 2.33. The maximum absolute atomic E-state index is 14.9. The van der Waals surface area contributed by atoms with Crippen molar-refractivity contribution in [1.29, 1.82) is 5.41 Å². The van der Waals surface area contributed by atoms with Crippen molar-refractivity contribution in [2.45, 2.75) is 26.4 Å². The van der Waals surface area contributed by atoms with Gasteiger partial charge in [0, 0.05) is 29.3 Å². The summed E-state index contributed by atoms with van der Waals surface area (Å²) in [6.07, 6.45) is 3.09. The van der Waals surface area contributed by atoms with E-state index in [9.17, 15) is 14.3 Å². The van der Waals surface area contributed by atoms with E-state index in [0.717, 1.165) is 6.34 Å². The van der Waals surface area contributed by atoms with E-state index in [2.05, 4.69) is 9.98 Å². The number of carboxylic acid groups (broad SMARTS) is 1. The van der Waals surface area contributed by atoms with Crippen LogP contribution < -0.4 is 9.47 Å². The monoisotopic (exact) mass is 401 g/mol. The van der Waals surface area contributed by atoms with E-state index in [1.807, 2.05) is 0 Å². The van der Waals surface area contributed by atoms with Gasteiger partial charge in [-0.15, -0.1) is 0 Å². The van der Waals surface area contributed by atoms with Crippen molar-refractivity contribution < 1.29 is 28.9 Å². The lowest BCUT2D eigenvalue weighted by Gasteiger charge is -2.11. The van der Waals surface area contributed by atoms with Gasteiger partial charge in [0.05, 0.1) is 6.10 Å². The Hall–Kier alpha value is -3.46. The first-order chi connectivity index (χ1) is 13.8. The number of aromatic nitrogens is 1. The number of rotatable bonds is 7. The normalized spacial score (nSPS) is 14.2. The Morgan fingerprint density at radius 1 is 1.45 bits per heavy atom. The number of hydrogen-bond donors (Lipinski definition) is 4. The lowest BCUT2D eigenvalue weighted by Crippen LogP contribution is -2.15. The number of nitrogens with zero attached hydrogens (tertiary/aromatic N) is 1. The summed E-state index contributed by atoms with van der Waals surface area (Å²) in [5, 5.41) is 25.8. The van der Waals surface area contributed by atoms with Gasteiger partial charge in [0.1, 0.15) is 24.4 Å². The molecular formula is C20H20FN3O5. The molecule has 152 valence electrons. The van der Waals surface area contributed by atoms with Crippen LogP contribution in [0.4, 0.5) is 4.39 Å². The minimum atomic E-state index is -1.10. The minimum absolute atomic E-state index is 0.0521. The number of fused-ring (bicyclic) bond motifs is 1. The summed E-state index contributed by atoms with van der Waals surface area (Å²) in [4.78, 5) is 17.9. The molecule has 8 nitrogen and oxygen atoms in total. The lowest BCUT2D eigenvalue weighted by atomic mass is 10.1. The van der Waals surface area contributed by atoms with E-state index < -0.39 is 17.9 Å². The summed E-state index contributed by atoms with van der Waals surface area (Å²) in [7, 11) is 0. The number of aliphatic hydroxyl groups is 1. The second-order valence-electron chi connectivity index (χ2n) is 6.58. The third kappa shape index (κ3) is 4.19. The Balaban J connectivity index is 1.90. The molecule has 9 heteroatoms. The molecule has 1 aliphatic rings. The Morgan fingerprint density at radius 3 is 2.86 bits per heavy atom. The van der Waals surface area contributed by atoms with Crippen molar-refractivity contribution >= 4 is 24.3 Å². The number of ether oxygens (including phenoxy) is 2. The van der Waals surface area contributed by atoms with Gasteiger partial charge in [0.15, 0.2) is 11.6 Å². The molecule has 0 saturated carbocycles. The fraction of sp³-hybridized carbons (Fsp3) is 0.250. The van der Waals surface area contributed by atoms with E-state index >= 15 is 0 Å². The summed E-state index contributed by atoms with van der Waals surface area (Å²) in [5.41, 5.74) is 1.82. The van der Waals surface area contributed by atoms with Crippen molar-refractivity contribution in [2.75, 3.05) is 6.61 Å². The molecule has 0 aliphatic heterocycles. The molecular weight excluding hydrogens is 381 g/mol. The Morgan fingerprint density at radius 2 is 2.21 bits per heavy atom. The van der Waals surface area contributed by atoms with Gasteiger partial charge in [-0.2, -0.15) is 0 Å². The molecule has 0 saturated heterocycles. The quantitative estimate of drug-likeness (QED) is 0.419. The predicted molar refractivity (Wildman–Crippen MR) is 104 cm³/mol. The zero-order chi connectivity index (χ0) is 21.1. The van der Waals surface area contributed by atoms with E-state index in [1.54, 1.807) is 26.1 Å². The fourth-order valence-corrected chi connectivity index (χ4v) is 2.93. The number of benzene rings is 1. The van der Waals surface area contributed by atoms with Gasteiger partial charge in [-0.3, -0.25) is 5.41 Å². The Kier molecular flexibility index (Phi) is 5.79. The third-order valence-electron chi connectivity index (χ3n) is 4.38. The average Bonchev–Trinajstić information content (AvgIpc) is 3.26. The molecule has 0 unspecified atom stereocenters. The average molecular weight is 401 g/mol. The van der Waals surface area contributed by atoms with Crippen LogP contribution in [0.5, 0.6) is 11.5 Å². The van der Waals surface area contributed by atoms with Crippen molar-refractivity contribution in [3.8, 4) is 11.5 Å². The van der Waals surface area contributed by atoms with Crippen LogP contribution in [0.15, 0.2) is 28.9 Å². The molecule has 0 radical (unpaired) electrons. The van der Waals surface area contributed by atoms with Crippen LogP contribution in [0.1, 0.15) is 29.3 Å². The SMILES string of the molecule is Cc1c(OC[C@H](C)O)c[nH]c1C(=NC=N)Oc1ccc2c(c1F)C=C(C(=O)O)C2. The van der Waals surface area contributed by atoms with E-state index in [0.29, 0.717) is 22.6 Å². The van der Waals surface area contributed by atoms with Gasteiger partial charge in [-0.1, -0.05) is 6.07 Å². The summed E-state index contributed by atoms with van der Waals surface area (Å²) >= 11 is 0. The smallest absolute Gasteiger partial charge is 0.331 e. The van der Waals surface area contributed by atoms with Gasteiger partial charge in [0.2, 0.25) is 5.90 Å². The van der Waals surface area contributed by atoms with Crippen molar-refractivity contribution in [2.24, 2.45) is 4.99 Å². The Bertz CT molecular complexity index is 1020. The van der Waals surface area contributed by atoms with Crippen LogP contribution in [0.25, 0.3) is 6.08 Å². The summed E-state index contributed by atoms with van der Waals surface area (Å²) < 4.78 is 26.0. The molecule has 0 bridgehead atoms. The number of carbonyl (C=O) groups is 1. The van der Waals surface area contributed by atoms with Crippen LogP contribution in [0.2, 0.25) is 0 Å². The first-order valence-electron chi connectivity index (χ1n) is 8.80. The van der Waals surface area contributed by atoms with Gasteiger partial charge in [-0.05, 0) is 31.6 Å². The highest BCUT2D eigenvalue weighted by Gasteiger charge is 2.24. The second-order valence-corrected chi connectivity index (χ2v) is 6.58. The maximum Gasteiger partial charge on any atom is 0.331 e. The van der Waals surface area contributed by atoms with Crippen LogP contribution >= 0.6 is 0 Å². The molecule has 1 aromatic carbocycles. The number of aliphatic imine (C=N–C) groups is 1. The molecule has 0 amide bonds. The van der Waals surface area contributed by atoms with E-state index in [-0.39, 0.29) is 35.8 Å². The largest absolute Gasteiger partial charge is 0.489 e. The molecule has 1 heterocycles. The highest BCUT2D eigenvalue weighted by atomic mass is 19.1. The first-order valence-corrected chi connectivity index (χ1v) is 8.80. The molecule has 2 aromatic rings. The third-order valence-corrected chi connectivity index (χ3v) is 4.38. The maximum atomic E-state index is 14.9. The number of nitrogens with one attached hydrogen (secondary N) is 2. The van der Waals surface area contributed by atoms with Crippen LogP contribution in [0.3, 0.4) is 0 Å². The lowest BCUT2D eigenvalue weighted by molar-refractivity contribution is -0.132. The minimum Gasteiger partial charge on any atom is -0.489 e. The summed E-state index contributed by atoms with van der Waals surface area (Å²) in [5.74, 6) is -1.53. The summed E-state index contributed by atoms with van der Waals surface area (Å²) in [6.45, 7) is 3.41. The van der Waals surface area contributed by atoms with Gasteiger partial charge in [-0.25, -0.2) is 14.2 Å². The zero-order valence-electron chi connectivity index (χ0n) is 15.8. The molecule has 1 atom stereocenters. The molecule has 1 aromatic heterocycles. The van der Waals surface area contributed by atoms with Crippen molar-refractivity contribution in [3.05, 3.63) is 52.1 Å². The zero-order valence-corrected chi connectivity index (χ0v) is 15.8. The molecule has 1 aliphatic carbocycles. The van der Waals surface area contributed by atoms with Gasteiger partial charge < -0.3 is 24.7 Å². The second kappa shape index (κ2) is 8.27. The van der Waals surface area contributed by atoms with Crippen LogP contribution in [-0.2, 0) is 11.2 Å². The summed E-state index contributed by atoms with van der Waals surface area (Å²) in [6, 6.07) is 3.00. The first kappa shape index (κ1) is 20.3. The fourth-order valence-electron chi connectivity index (χ4n) is 2.93. The van der Waals surface area contributed by atoms with Gasteiger partial charge >= 0.3 is 5.97 Å². The van der Waals surface area contributed by atoms with Crippen LogP contribution in [-0.4, -0.2) is 46.1 Å². The number of aliphatic hydroxyl groups excluding tert-OH is 1. The highest BCUT2D eigenvalue weighted by molar-refractivity contribution is 6.00. The molecule has 0 spiro atoms. The number of carboxylic acids is 1. The number of halogens is 1. The number of aliphatic carboxylic acids is 1. The molecule has 3 rings (SSSR count). The number of H-pyrrole nitrogens is 1. The van der Waals surface area contributed by atoms with Crippen molar-refractivity contribution in [1.82, 2.24) is 4.98 Å². The topological polar surface area (TPSA) is 128 Å². The molecule has 4 N–H and O–H groups in total. The van der Waals surface area contributed by atoms with E-state index in [4.69, 9.17) is 20.0 Å². The predicted octanol–water partition coefficient (Wildman–Crippen LogP) is 2.68.